The Hall–Kier alpha value is -1.60. The third-order valence-electron chi connectivity index (χ3n) is 1.49. The highest BCUT2D eigenvalue weighted by Crippen LogP contribution is 2.27. The van der Waals surface area contributed by atoms with Gasteiger partial charge in [-0.15, -0.1) is 0 Å². The van der Waals surface area contributed by atoms with Crippen LogP contribution >= 0.6 is 11.6 Å². The lowest BCUT2D eigenvalue weighted by atomic mass is 10.4. The second kappa shape index (κ2) is 5.32. The van der Waals surface area contributed by atoms with E-state index in [4.69, 9.17) is 22.4 Å². The Kier molecular flexibility index (Phi) is 4.07. The van der Waals surface area contributed by atoms with Crippen LogP contribution in [0, 0.1) is 0 Å². The number of nitrogens with zero attached hydrogens (tertiary/aromatic N) is 2. The van der Waals surface area contributed by atoms with Gasteiger partial charge < -0.3 is 21.5 Å². The first-order valence-corrected chi connectivity index (χ1v) is 4.44. The zero-order valence-corrected chi connectivity index (χ0v) is 8.45. The fourth-order valence-corrected chi connectivity index (χ4v) is 1.17. The molecule has 1 rings (SSSR count). The van der Waals surface area contributed by atoms with Gasteiger partial charge in [0.15, 0.2) is 11.0 Å². The van der Waals surface area contributed by atoms with Gasteiger partial charge in [-0.1, -0.05) is 11.6 Å². The minimum absolute atomic E-state index is 0.0168. The second-order valence-electron chi connectivity index (χ2n) is 2.51. The third-order valence-corrected chi connectivity index (χ3v) is 1.76. The predicted octanol–water partition coefficient (Wildman–Crippen LogP) is -0.315. The highest BCUT2D eigenvalue weighted by molar-refractivity contribution is 6.33. The van der Waals surface area contributed by atoms with Gasteiger partial charge >= 0.3 is 0 Å². The first kappa shape index (κ1) is 11.5. The van der Waals surface area contributed by atoms with Crippen LogP contribution in [0.25, 0.3) is 0 Å². The van der Waals surface area contributed by atoms with Crippen LogP contribution in [0.1, 0.15) is 0 Å². The lowest BCUT2D eigenvalue weighted by Gasteiger charge is -2.10. The van der Waals surface area contributed by atoms with Gasteiger partial charge in [-0.3, -0.25) is 4.79 Å². The average Bonchev–Trinajstić information content (AvgIpc) is 2.19. The Balaban J connectivity index is 3.02. The van der Waals surface area contributed by atoms with Crippen molar-refractivity contribution in [3.8, 4) is 0 Å². The maximum absolute atomic E-state index is 10.3. The second-order valence-corrected chi connectivity index (χ2v) is 2.87. The molecule has 0 aromatic carbocycles. The summed E-state index contributed by atoms with van der Waals surface area (Å²) in [4.78, 5) is 17.8. The molecular weight excluding hydrogens is 222 g/mol. The molecule has 82 valence electrons. The normalized spacial score (nSPS) is 9.73. The van der Waals surface area contributed by atoms with E-state index in [1.54, 1.807) is 0 Å². The Morgan fingerprint density at radius 3 is 2.87 bits per heavy atom. The van der Waals surface area contributed by atoms with E-state index in [1.165, 1.54) is 0 Å². The molecule has 0 aliphatic rings. The SMILES string of the molecule is Nc1nc(Cl)c(NC=O)c(NCCO)n1. The summed E-state index contributed by atoms with van der Waals surface area (Å²) in [7, 11) is 0. The zero-order chi connectivity index (χ0) is 11.3. The number of nitrogens with two attached hydrogens (primary N) is 1. The molecule has 5 N–H and O–H groups in total. The van der Waals surface area contributed by atoms with Crippen molar-refractivity contribution in [2.75, 3.05) is 29.5 Å². The first-order chi connectivity index (χ1) is 7.19. The lowest BCUT2D eigenvalue weighted by Crippen LogP contribution is -2.12. The molecule has 0 saturated heterocycles. The van der Waals surface area contributed by atoms with Gasteiger partial charge in [-0.05, 0) is 0 Å². The monoisotopic (exact) mass is 231 g/mol. The molecule has 0 atom stereocenters. The molecular formula is C7H10ClN5O2. The molecule has 15 heavy (non-hydrogen) atoms. The van der Waals surface area contributed by atoms with Crippen LogP contribution in [0.2, 0.25) is 5.15 Å². The number of carbonyl (C=O) groups is 1. The number of hydrogen-bond acceptors (Lipinski definition) is 6. The van der Waals surface area contributed by atoms with Crippen molar-refractivity contribution in [2.45, 2.75) is 0 Å². The van der Waals surface area contributed by atoms with Crippen LogP contribution in [0.15, 0.2) is 0 Å². The third kappa shape index (κ3) is 2.93. The van der Waals surface area contributed by atoms with E-state index in [9.17, 15) is 4.79 Å². The van der Waals surface area contributed by atoms with Gasteiger partial charge in [-0.25, -0.2) is 0 Å². The number of aromatic nitrogens is 2. The highest BCUT2D eigenvalue weighted by Gasteiger charge is 2.10. The summed E-state index contributed by atoms with van der Waals surface area (Å²) in [6, 6.07) is 0. The summed E-state index contributed by atoms with van der Waals surface area (Å²) in [5.74, 6) is 0.255. The highest BCUT2D eigenvalue weighted by atomic mass is 35.5. The lowest BCUT2D eigenvalue weighted by molar-refractivity contribution is -0.105. The summed E-state index contributed by atoms with van der Waals surface area (Å²) >= 11 is 5.74. The fraction of sp³-hybridized carbons (Fsp3) is 0.286. The van der Waals surface area contributed by atoms with Crippen molar-refractivity contribution in [1.29, 1.82) is 0 Å². The largest absolute Gasteiger partial charge is 0.395 e. The van der Waals surface area contributed by atoms with E-state index < -0.39 is 0 Å². The van der Waals surface area contributed by atoms with E-state index in [-0.39, 0.29) is 35.8 Å². The fourth-order valence-electron chi connectivity index (χ4n) is 0.939. The van der Waals surface area contributed by atoms with Crippen LogP contribution < -0.4 is 16.4 Å². The molecule has 8 heteroatoms. The molecule has 0 aliphatic heterocycles. The van der Waals surface area contributed by atoms with Crippen molar-refractivity contribution >= 4 is 35.5 Å². The van der Waals surface area contributed by atoms with Gasteiger partial charge in [0.1, 0.15) is 5.69 Å². The number of nitrogen functional groups attached to an aromatic ring is 1. The molecule has 1 aromatic rings. The smallest absolute Gasteiger partial charge is 0.223 e. The maximum atomic E-state index is 10.3. The van der Waals surface area contributed by atoms with E-state index in [2.05, 4.69) is 20.6 Å². The number of anilines is 3. The Morgan fingerprint density at radius 2 is 2.27 bits per heavy atom. The Bertz CT molecular complexity index is 359. The van der Waals surface area contributed by atoms with Crippen molar-refractivity contribution in [3.63, 3.8) is 0 Å². The molecule has 0 aliphatic carbocycles. The summed E-state index contributed by atoms with van der Waals surface area (Å²) < 4.78 is 0. The standard InChI is InChI=1S/C7H10ClN5O2/c8-5-4(11-3-15)6(10-1-2-14)13-7(9)12-5/h3,14H,1-2H2,(H,11,15)(H3,9,10,12,13). The molecule has 0 unspecified atom stereocenters. The van der Waals surface area contributed by atoms with Crippen LogP contribution in [0.5, 0.6) is 0 Å². The molecule has 1 heterocycles. The van der Waals surface area contributed by atoms with Crippen molar-refractivity contribution in [1.82, 2.24) is 9.97 Å². The van der Waals surface area contributed by atoms with Crippen LogP contribution in [-0.4, -0.2) is 34.6 Å². The molecule has 0 spiro atoms. The van der Waals surface area contributed by atoms with E-state index >= 15 is 0 Å². The summed E-state index contributed by atoms with van der Waals surface area (Å²) in [6.45, 7) is 0.183. The molecule has 0 radical (unpaired) electrons. The predicted molar refractivity (Wildman–Crippen MR) is 56.7 cm³/mol. The number of amides is 1. The van der Waals surface area contributed by atoms with Gasteiger partial charge in [0.05, 0.1) is 6.61 Å². The Morgan fingerprint density at radius 1 is 1.53 bits per heavy atom. The van der Waals surface area contributed by atoms with Crippen molar-refractivity contribution < 1.29 is 9.90 Å². The van der Waals surface area contributed by atoms with Gasteiger partial charge in [0.2, 0.25) is 12.4 Å². The number of carbonyl (C=O) groups excluding carboxylic acids is 1. The van der Waals surface area contributed by atoms with E-state index in [0.29, 0.717) is 6.41 Å². The molecule has 0 saturated carbocycles. The molecule has 0 fully saturated rings. The molecule has 7 nitrogen and oxygen atoms in total. The number of aliphatic hydroxyl groups excluding tert-OH is 1. The minimum Gasteiger partial charge on any atom is -0.395 e. The molecule has 1 aromatic heterocycles. The number of aliphatic hydroxyl groups is 1. The summed E-state index contributed by atoms with van der Waals surface area (Å²) in [5.41, 5.74) is 5.60. The van der Waals surface area contributed by atoms with Crippen LogP contribution in [0.3, 0.4) is 0 Å². The average molecular weight is 232 g/mol. The van der Waals surface area contributed by atoms with Crippen molar-refractivity contribution in [2.24, 2.45) is 0 Å². The number of halogens is 1. The minimum atomic E-state index is -0.0813. The summed E-state index contributed by atoms with van der Waals surface area (Å²) in [5, 5.41) is 13.7. The van der Waals surface area contributed by atoms with E-state index in [0.717, 1.165) is 0 Å². The van der Waals surface area contributed by atoms with Gasteiger partial charge in [-0.2, -0.15) is 9.97 Å². The number of rotatable bonds is 5. The van der Waals surface area contributed by atoms with Gasteiger partial charge in [0.25, 0.3) is 0 Å². The molecule has 1 amide bonds. The number of hydrogen-bond donors (Lipinski definition) is 4. The zero-order valence-electron chi connectivity index (χ0n) is 7.70. The summed E-state index contributed by atoms with van der Waals surface area (Å²) in [6.07, 6.45) is 0.449. The first-order valence-electron chi connectivity index (χ1n) is 4.07. The maximum Gasteiger partial charge on any atom is 0.223 e. The van der Waals surface area contributed by atoms with Crippen molar-refractivity contribution in [3.05, 3.63) is 5.15 Å². The Labute approximate surface area is 90.7 Å². The van der Waals surface area contributed by atoms with E-state index in [1.807, 2.05) is 0 Å². The number of nitrogens with one attached hydrogen (secondary N) is 2. The molecule has 0 bridgehead atoms. The van der Waals surface area contributed by atoms with Crippen LogP contribution in [0.4, 0.5) is 17.5 Å². The van der Waals surface area contributed by atoms with Gasteiger partial charge in [0, 0.05) is 6.54 Å². The quantitative estimate of drug-likeness (QED) is 0.408. The topological polar surface area (TPSA) is 113 Å². The van der Waals surface area contributed by atoms with Crippen LogP contribution in [-0.2, 0) is 4.79 Å².